The lowest BCUT2D eigenvalue weighted by Gasteiger charge is -2.19. The maximum atomic E-state index is 12.4. The Morgan fingerprint density at radius 2 is 0.865 bits per heavy atom. The second-order valence-corrected chi connectivity index (χ2v) is 15.1. The number of unbranched alkanes of at least 4 members (excludes halogenated alkanes) is 25. The first-order valence-electron chi connectivity index (χ1n) is 22.5. The van der Waals surface area contributed by atoms with Gasteiger partial charge in [0.2, 0.25) is 5.91 Å². The summed E-state index contributed by atoms with van der Waals surface area (Å²) in [6.07, 6.45) is 60.5. The molecule has 0 saturated heterocycles. The molecule has 0 aromatic carbocycles. The van der Waals surface area contributed by atoms with Crippen molar-refractivity contribution in [3.8, 4) is 0 Å². The maximum Gasteiger partial charge on any atom is 0.220 e. The highest BCUT2D eigenvalue weighted by atomic mass is 16.3. The van der Waals surface area contributed by atoms with E-state index in [0.717, 1.165) is 64.2 Å². The van der Waals surface area contributed by atoms with Crippen LogP contribution in [0.4, 0.5) is 0 Å². The lowest BCUT2D eigenvalue weighted by molar-refractivity contribution is -0.123. The average Bonchev–Trinajstić information content (AvgIpc) is 3.15. The minimum atomic E-state index is -0.868. The molecular weight excluding hydrogens is 639 g/mol. The molecule has 0 radical (unpaired) electrons. The van der Waals surface area contributed by atoms with Gasteiger partial charge in [0, 0.05) is 6.42 Å². The predicted octanol–water partition coefficient (Wildman–Crippen LogP) is 14.1. The maximum absolute atomic E-state index is 12.4. The zero-order valence-corrected chi connectivity index (χ0v) is 34.6. The molecule has 2 unspecified atom stereocenters. The molecule has 0 rings (SSSR count). The van der Waals surface area contributed by atoms with Crippen LogP contribution < -0.4 is 5.32 Å². The van der Waals surface area contributed by atoms with Gasteiger partial charge in [0.25, 0.3) is 0 Å². The van der Waals surface area contributed by atoms with Crippen molar-refractivity contribution in [3.05, 3.63) is 60.8 Å². The zero-order chi connectivity index (χ0) is 37.8. The van der Waals surface area contributed by atoms with Crippen LogP contribution in [0, 0.1) is 0 Å². The van der Waals surface area contributed by atoms with Gasteiger partial charge in [-0.25, -0.2) is 0 Å². The second kappa shape index (κ2) is 43.5. The van der Waals surface area contributed by atoms with Gasteiger partial charge in [-0.2, -0.15) is 0 Å². The van der Waals surface area contributed by atoms with Gasteiger partial charge >= 0.3 is 0 Å². The molecule has 4 nitrogen and oxygen atoms in total. The molecule has 0 aliphatic rings. The van der Waals surface area contributed by atoms with E-state index < -0.39 is 12.1 Å². The summed E-state index contributed by atoms with van der Waals surface area (Å²) in [5.74, 6) is -0.0853. The van der Waals surface area contributed by atoms with E-state index in [9.17, 15) is 15.0 Å². The average molecular weight is 726 g/mol. The molecule has 2 atom stereocenters. The number of hydrogen-bond acceptors (Lipinski definition) is 3. The Morgan fingerprint density at radius 1 is 0.481 bits per heavy atom. The van der Waals surface area contributed by atoms with Gasteiger partial charge in [-0.3, -0.25) is 4.79 Å². The molecule has 4 heteroatoms. The third kappa shape index (κ3) is 39.3. The Bertz CT molecular complexity index is 873. The number of rotatable bonds is 40. The topological polar surface area (TPSA) is 69.6 Å². The van der Waals surface area contributed by atoms with Crippen molar-refractivity contribution in [3.63, 3.8) is 0 Å². The minimum absolute atomic E-state index is 0.0853. The molecule has 0 aliphatic carbocycles. The molecule has 0 aromatic rings. The van der Waals surface area contributed by atoms with Crippen LogP contribution in [0.5, 0.6) is 0 Å². The van der Waals surface area contributed by atoms with Gasteiger partial charge in [0.15, 0.2) is 0 Å². The van der Waals surface area contributed by atoms with E-state index in [-0.39, 0.29) is 12.5 Å². The van der Waals surface area contributed by atoms with E-state index in [1.54, 1.807) is 6.08 Å². The lowest BCUT2D eigenvalue weighted by Crippen LogP contribution is -2.45. The van der Waals surface area contributed by atoms with Crippen molar-refractivity contribution < 1.29 is 15.0 Å². The first kappa shape index (κ1) is 50.1. The van der Waals surface area contributed by atoms with Crippen LogP contribution in [0.3, 0.4) is 0 Å². The molecule has 0 saturated carbocycles. The number of carbonyl (C=O) groups excluding carboxylic acids is 1. The van der Waals surface area contributed by atoms with Gasteiger partial charge in [0.05, 0.1) is 18.8 Å². The molecular formula is C48H87NO3. The highest BCUT2D eigenvalue weighted by molar-refractivity contribution is 5.76. The standard InChI is InChI=1S/C48H87NO3/c1-3-5-7-9-11-13-15-17-19-21-22-23-24-25-26-28-29-31-33-35-37-39-41-43-47(51)46(45-50)49-48(52)44-42-40-38-36-34-32-30-27-20-18-16-14-12-10-8-6-4-2/h6,8,12,14,18,20,33,35,41,43,46-47,50-51H,3-5,7,9-11,13,15-17,19,21-32,34,36-40,42,44-45H2,1-2H3,(H,49,52)/b8-6-,14-12-,20-18-,35-33+,43-41+. The first-order valence-corrected chi connectivity index (χ1v) is 22.5. The fraction of sp³-hybridized carbons (Fsp3) is 0.771. The Kier molecular flexibility index (Phi) is 41.9. The molecule has 0 aromatic heterocycles. The summed E-state index contributed by atoms with van der Waals surface area (Å²) in [6.45, 7) is 4.19. The van der Waals surface area contributed by atoms with Gasteiger partial charge in [-0.1, -0.05) is 209 Å². The second-order valence-electron chi connectivity index (χ2n) is 15.1. The molecule has 0 fully saturated rings. The molecule has 0 heterocycles. The van der Waals surface area contributed by atoms with Crippen molar-refractivity contribution in [2.24, 2.45) is 0 Å². The van der Waals surface area contributed by atoms with Gasteiger partial charge < -0.3 is 15.5 Å². The number of aliphatic hydroxyl groups is 2. The van der Waals surface area contributed by atoms with Crippen LogP contribution in [0.1, 0.15) is 219 Å². The smallest absolute Gasteiger partial charge is 0.220 e. The third-order valence-corrected chi connectivity index (χ3v) is 9.98. The van der Waals surface area contributed by atoms with Gasteiger partial charge in [0.1, 0.15) is 0 Å². The third-order valence-electron chi connectivity index (χ3n) is 9.98. The summed E-state index contributed by atoms with van der Waals surface area (Å²) in [5, 5.41) is 23.0. The molecule has 0 spiro atoms. The van der Waals surface area contributed by atoms with Crippen molar-refractivity contribution in [1.82, 2.24) is 5.32 Å². The highest BCUT2D eigenvalue weighted by Crippen LogP contribution is 2.15. The van der Waals surface area contributed by atoms with Crippen LogP contribution >= 0.6 is 0 Å². The van der Waals surface area contributed by atoms with Gasteiger partial charge in [-0.05, 0) is 64.2 Å². The van der Waals surface area contributed by atoms with E-state index in [1.165, 1.54) is 135 Å². The predicted molar refractivity (Wildman–Crippen MR) is 230 cm³/mol. The molecule has 1 amide bonds. The van der Waals surface area contributed by atoms with Crippen LogP contribution in [0.25, 0.3) is 0 Å². The van der Waals surface area contributed by atoms with Crippen LogP contribution in [0.2, 0.25) is 0 Å². The van der Waals surface area contributed by atoms with Gasteiger partial charge in [-0.15, -0.1) is 0 Å². The molecule has 0 bridgehead atoms. The Balaban J connectivity index is 3.62. The van der Waals surface area contributed by atoms with E-state index in [1.807, 2.05) is 6.08 Å². The van der Waals surface area contributed by atoms with Crippen molar-refractivity contribution >= 4 is 5.91 Å². The van der Waals surface area contributed by atoms with Crippen LogP contribution in [-0.2, 0) is 4.79 Å². The zero-order valence-electron chi connectivity index (χ0n) is 34.6. The highest BCUT2D eigenvalue weighted by Gasteiger charge is 2.17. The summed E-state index contributed by atoms with van der Waals surface area (Å²) in [6, 6.07) is -0.646. The summed E-state index contributed by atoms with van der Waals surface area (Å²) >= 11 is 0. The van der Waals surface area contributed by atoms with E-state index in [2.05, 4.69) is 67.8 Å². The van der Waals surface area contributed by atoms with Crippen molar-refractivity contribution in [2.75, 3.05) is 6.61 Å². The number of amides is 1. The molecule has 3 N–H and O–H groups in total. The summed E-state index contributed by atoms with van der Waals surface area (Å²) in [7, 11) is 0. The van der Waals surface area contributed by atoms with E-state index >= 15 is 0 Å². The van der Waals surface area contributed by atoms with Crippen LogP contribution in [-0.4, -0.2) is 34.9 Å². The first-order chi connectivity index (χ1) is 25.7. The summed E-state index contributed by atoms with van der Waals surface area (Å²) < 4.78 is 0. The van der Waals surface area contributed by atoms with Crippen molar-refractivity contribution in [1.29, 1.82) is 0 Å². The van der Waals surface area contributed by atoms with E-state index in [4.69, 9.17) is 0 Å². The Morgan fingerprint density at radius 3 is 1.35 bits per heavy atom. The molecule has 302 valence electrons. The normalized spacial score (nSPS) is 13.5. The summed E-state index contributed by atoms with van der Waals surface area (Å²) in [5.41, 5.74) is 0. The lowest BCUT2D eigenvalue weighted by atomic mass is 10.0. The minimum Gasteiger partial charge on any atom is -0.394 e. The Labute approximate surface area is 324 Å². The fourth-order valence-electron chi connectivity index (χ4n) is 6.56. The van der Waals surface area contributed by atoms with Crippen molar-refractivity contribution in [2.45, 2.75) is 231 Å². The number of aliphatic hydroxyl groups excluding tert-OH is 2. The fourth-order valence-corrected chi connectivity index (χ4v) is 6.56. The quantitative estimate of drug-likeness (QED) is 0.0435. The molecule has 52 heavy (non-hydrogen) atoms. The largest absolute Gasteiger partial charge is 0.394 e. The number of carbonyl (C=O) groups is 1. The Hall–Kier alpha value is -1.91. The monoisotopic (exact) mass is 726 g/mol. The van der Waals surface area contributed by atoms with E-state index in [0.29, 0.717) is 6.42 Å². The molecule has 0 aliphatic heterocycles. The summed E-state index contributed by atoms with van der Waals surface area (Å²) in [4.78, 5) is 12.4. The SMILES string of the molecule is CC/C=C\C/C=C\C/C=C\CCCCCCCCCC(=O)NC(CO)C(O)/C=C/CC/C=C/CCCCCCCCCCCCCCCCCCC. The van der Waals surface area contributed by atoms with Crippen LogP contribution in [0.15, 0.2) is 60.8 Å². The number of nitrogens with one attached hydrogen (secondary N) is 1. The number of hydrogen-bond donors (Lipinski definition) is 3. The number of allylic oxidation sites excluding steroid dienone is 9.